The highest BCUT2D eigenvalue weighted by molar-refractivity contribution is 8.00. The molecule has 0 aliphatic rings. The van der Waals surface area contributed by atoms with Crippen LogP contribution in [0.3, 0.4) is 0 Å². The molecule has 1 aromatic heterocycles. The fraction of sp³-hybridized carbons (Fsp3) is 0.0909. The van der Waals surface area contributed by atoms with Gasteiger partial charge in [-0.3, -0.25) is 19.7 Å². The van der Waals surface area contributed by atoms with E-state index in [1.165, 1.54) is 24.3 Å². The number of non-ortho nitro benzene ring substituents is 1. The zero-order valence-electron chi connectivity index (χ0n) is 9.45. The Balaban J connectivity index is 2.46. The van der Waals surface area contributed by atoms with Crippen LogP contribution in [0.15, 0.2) is 34.0 Å². The summed E-state index contributed by atoms with van der Waals surface area (Å²) in [6.07, 6.45) is 0. The summed E-state index contributed by atoms with van der Waals surface area (Å²) in [7, 11) is 0. The number of aromatic amines is 1. The number of hydrogen-bond donors (Lipinski definition) is 2. The minimum atomic E-state index is -1.02. The first-order chi connectivity index (χ1) is 8.97. The molecule has 0 aliphatic heterocycles. The molecular formula is C11H8N2O5S. The first-order valence-corrected chi connectivity index (χ1v) is 6.12. The molecule has 1 heterocycles. The lowest BCUT2D eigenvalue weighted by molar-refractivity contribution is -0.384. The van der Waals surface area contributed by atoms with Crippen LogP contribution in [0.2, 0.25) is 0 Å². The van der Waals surface area contributed by atoms with E-state index in [0.29, 0.717) is 10.9 Å². The number of nitro benzene ring substituents is 1. The molecular weight excluding hydrogens is 272 g/mol. The molecule has 0 aliphatic carbocycles. The van der Waals surface area contributed by atoms with Crippen LogP contribution in [0.25, 0.3) is 10.9 Å². The predicted molar refractivity (Wildman–Crippen MR) is 69.6 cm³/mol. The number of thioether (sulfide) groups is 1. The summed E-state index contributed by atoms with van der Waals surface area (Å²) in [5.41, 5.74) is -0.229. The van der Waals surface area contributed by atoms with Crippen LogP contribution >= 0.6 is 11.8 Å². The fourth-order valence-corrected chi connectivity index (χ4v) is 2.20. The number of nitrogens with zero attached hydrogens (tertiary/aromatic N) is 1. The molecule has 98 valence electrons. The zero-order chi connectivity index (χ0) is 14.0. The number of nitrogens with one attached hydrogen (secondary N) is 1. The number of hydrogen-bond acceptors (Lipinski definition) is 5. The molecule has 7 nitrogen and oxygen atoms in total. The number of aromatic nitrogens is 1. The largest absolute Gasteiger partial charge is 0.481 e. The van der Waals surface area contributed by atoms with Crippen molar-refractivity contribution in [2.45, 2.75) is 4.90 Å². The average molecular weight is 280 g/mol. The molecule has 19 heavy (non-hydrogen) atoms. The second-order valence-corrected chi connectivity index (χ2v) is 4.69. The van der Waals surface area contributed by atoms with Crippen molar-refractivity contribution in [3.8, 4) is 0 Å². The van der Waals surface area contributed by atoms with Gasteiger partial charge in [-0.1, -0.05) is 0 Å². The van der Waals surface area contributed by atoms with Crippen LogP contribution in [0.5, 0.6) is 0 Å². The van der Waals surface area contributed by atoms with Crippen molar-refractivity contribution in [2.75, 3.05) is 5.75 Å². The van der Waals surface area contributed by atoms with E-state index in [4.69, 9.17) is 5.11 Å². The number of nitro groups is 1. The first kappa shape index (κ1) is 13.1. The van der Waals surface area contributed by atoms with E-state index in [0.717, 1.165) is 11.8 Å². The van der Waals surface area contributed by atoms with Gasteiger partial charge in [0.2, 0.25) is 0 Å². The molecule has 0 radical (unpaired) electrons. The Morgan fingerprint density at radius 1 is 1.42 bits per heavy atom. The number of carboxylic acids is 1. The Morgan fingerprint density at radius 2 is 2.16 bits per heavy atom. The predicted octanol–water partition coefficient (Wildman–Crippen LogP) is 1.61. The summed E-state index contributed by atoms with van der Waals surface area (Å²) in [5, 5.41) is 19.8. The number of H-pyrrole nitrogens is 1. The third-order valence-electron chi connectivity index (χ3n) is 2.36. The average Bonchev–Trinajstić information content (AvgIpc) is 2.35. The van der Waals surface area contributed by atoms with Crippen molar-refractivity contribution in [2.24, 2.45) is 0 Å². The molecule has 1 aromatic carbocycles. The molecule has 0 saturated heterocycles. The number of benzene rings is 1. The Hall–Kier alpha value is -2.35. The third-order valence-corrected chi connectivity index (χ3v) is 3.36. The van der Waals surface area contributed by atoms with Crippen molar-refractivity contribution in [1.82, 2.24) is 4.98 Å². The maximum Gasteiger partial charge on any atom is 0.313 e. The van der Waals surface area contributed by atoms with Gasteiger partial charge in [-0.2, -0.15) is 0 Å². The van der Waals surface area contributed by atoms with E-state index >= 15 is 0 Å². The van der Waals surface area contributed by atoms with Gasteiger partial charge in [0, 0.05) is 12.1 Å². The lowest BCUT2D eigenvalue weighted by atomic mass is 10.2. The molecule has 0 unspecified atom stereocenters. The van der Waals surface area contributed by atoms with E-state index in [1.54, 1.807) is 0 Å². The van der Waals surface area contributed by atoms with Gasteiger partial charge in [-0.15, -0.1) is 11.8 Å². The van der Waals surface area contributed by atoms with Gasteiger partial charge in [0.1, 0.15) is 0 Å². The smallest absolute Gasteiger partial charge is 0.313 e. The second kappa shape index (κ2) is 5.11. The molecule has 2 N–H and O–H groups in total. The quantitative estimate of drug-likeness (QED) is 0.499. The van der Waals surface area contributed by atoms with E-state index in [2.05, 4.69) is 4.98 Å². The molecule has 8 heteroatoms. The van der Waals surface area contributed by atoms with Crippen LogP contribution in [-0.2, 0) is 4.79 Å². The van der Waals surface area contributed by atoms with Gasteiger partial charge < -0.3 is 10.1 Å². The van der Waals surface area contributed by atoms with Gasteiger partial charge in [0.15, 0.2) is 0 Å². The Kier molecular flexibility index (Phi) is 3.52. The maximum atomic E-state index is 11.7. The standard InChI is InChI=1S/C11H8N2O5S/c14-10(15)5-19-9-3-6-1-2-7(13(17)18)4-8(6)12-11(9)16/h1-4H,5H2,(H,12,16)(H,14,15). The van der Waals surface area contributed by atoms with Crippen LogP contribution in [-0.4, -0.2) is 26.7 Å². The monoisotopic (exact) mass is 280 g/mol. The second-order valence-electron chi connectivity index (χ2n) is 3.67. The van der Waals surface area contributed by atoms with E-state index in [1.807, 2.05) is 0 Å². The van der Waals surface area contributed by atoms with Crippen LogP contribution in [0, 0.1) is 10.1 Å². The number of fused-ring (bicyclic) bond motifs is 1. The lowest BCUT2D eigenvalue weighted by Crippen LogP contribution is -2.10. The number of carbonyl (C=O) groups is 1. The maximum absolute atomic E-state index is 11.7. The molecule has 0 spiro atoms. The summed E-state index contributed by atoms with van der Waals surface area (Å²) in [4.78, 5) is 35.0. The van der Waals surface area contributed by atoms with Crippen LogP contribution in [0.4, 0.5) is 5.69 Å². The molecule has 0 bridgehead atoms. The fourth-order valence-electron chi connectivity index (χ4n) is 1.53. The van der Waals surface area contributed by atoms with Crippen LogP contribution < -0.4 is 5.56 Å². The molecule has 0 amide bonds. The first-order valence-electron chi connectivity index (χ1n) is 5.13. The van der Waals surface area contributed by atoms with Crippen LogP contribution in [0.1, 0.15) is 0 Å². The SMILES string of the molecule is O=C(O)CSc1cc2ccc([N+](=O)[O-])cc2[nH]c1=O. The summed E-state index contributed by atoms with van der Waals surface area (Å²) >= 11 is 0.903. The van der Waals surface area contributed by atoms with Crippen molar-refractivity contribution >= 4 is 34.3 Å². The highest BCUT2D eigenvalue weighted by atomic mass is 32.2. The van der Waals surface area contributed by atoms with Gasteiger partial charge >= 0.3 is 5.97 Å². The number of aliphatic carboxylic acids is 1. The molecule has 0 saturated carbocycles. The van der Waals surface area contributed by atoms with E-state index in [9.17, 15) is 19.7 Å². The van der Waals surface area contributed by atoms with E-state index < -0.39 is 16.5 Å². The van der Waals surface area contributed by atoms with E-state index in [-0.39, 0.29) is 16.3 Å². The molecule has 0 fully saturated rings. The lowest BCUT2D eigenvalue weighted by Gasteiger charge is -2.01. The number of pyridine rings is 1. The van der Waals surface area contributed by atoms with Gasteiger partial charge in [0.25, 0.3) is 11.2 Å². The Bertz CT molecular complexity index is 725. The normalized spacial score (nSPS) is 10.5. The topological polar surface area (TPSA) is 113 Å². The Morgan fingerprint density at radius 3 is 2.79 bits per heavy atom. The highest BCUT2D eigenvalue weighted by Crippen LogP contribution is 2.22. The summed E-state index contributed by atoms with van der Waals surface area (Å²) in [5.74, 6) is -1.24. The zero-order valence-corrected chi connectivity index (χ0v) is 10.3. The minimum absolute atomic E-state index is 0.117. The summed E-state index contributed by atoms with van der Waals surface area (Å²) in [6.45, 7) is 0. The van der Waals surface area contributed by atoms with Crippen molar-refractivity contribution < 1.29 is 14.8 Å². The molecule has 2 rings (SSSR count). The molecule has 0 atom stereocenters. The van der Waals surface area contributed by atoms with Crippen molar-refractivity contribution in [1.29, 1.82) is 0 Å². The third kappa shape index (κ3) is 2.91. The number of rotatable bonds is 4. The highest BCUT2D eigenvalue weighted by Gasteiger charge is 2.10. The minimum Gasteiger partial charge on any atom is -0.481 e. The molecule has 2 aromatic rings. The van der Waals surface area contributed by atoms with Crippen molar-refractivity contribution in [3.63, 3.8) is 0 Å². The number of carboxylic acid groups (broad SMARTS) is 1. The van der Waals surface area contributed by atoms with Crippen molar-refractivity contribution in [3.05, 3.63) is 44.7 Å². The summed E-state index contributed by atoms with van der Waals surface area (Å²) in [6, 6.07) is 5.62. The Labute approximate surface area is 110 Å². The van der Waals surface area contributed by atoms with Gasteiger partial charge in [0.05, 0.1) is 21.1 Å². The summed E-state index contributed by atoms with van der Waals surface area (Å²) < 4.78 is 0. The van der Waals surface area contributed by atoms with Gasteiger partial charge in [-0.05, 0) is 17.5 Å². The van der Waals surface area contributed by atoms with Gasteiger partial charge in [-0.25, -0.2) is 0 Å².